The normalized spacial score (nSPS) is 14.5. The van der Waals surface area contributed by atoms with Gasteiger partial charge in [0, 0.05) is 16.6 Å². The van der Waals surface area contributed by atoms with Crippen molar-refractivity contribution in [2.45, 2.75) is 24.9 Å². The highest BCUT2D eigenvalue weighted by atomic mass is 32.2. The number of rotatable bonds is 4. The maximum absolute atomic E-state index is 11.6. The number of carbonyl (C=O) groups is 1. The summed E-state index contributed by atoms with van der Waals surface area (Å²) in [5, 5.41) is 7.88. The van der Waals surface area contributed by atoms with Gasteiger partial charge in [-0.3, -0.25) is 9.00 Å². The molecule has 1 aromatic rings. The number of carboxylic acids is 1. The highest BCUT2D eigenvalue weighted by Gasteiger charge is 2.18. The molecule has 1 rings (SSSR count). The van der Waals surface area contributed by atoms with Gasteiger partial charge in [-0.2, -0.15) is 0 Å². The Morgan fingerprint density at radius 1 is 1.53 bits per heavy atom. The summed E-state index contributed by atoms with van der Waals surface area (Å²) >= 11 is 0. The maximum Gasteiger partial charge on any atom is 0.318 e. The lowest BCUT2D eigenvalue weighted by Crippen LogP contribution is -2.22. The highest BCUT2D eigenvalue weighted by Crippen LogP contribution is 2.09. The van der Waals surface area contributed by atoms with Gasteiger partial charge in [0.05, 0.1) is 0 Å². The third-order valence-corrected chi connectivity index (χ3v) is 3.74. The van der Waals surface area contributed by atoms with Crippen LogP contribution in [0.25, 0.3) is 0 Å². The van der Waals surface area contributed by atoms with E-state index < -0.39 is 22.0 Å². The van der Waals surface area contributed by atoms with E-state index in [9.17, 15) is 9.00 Å². The average molecular weight is 226 g/mol. The van der Waals surface area contributed by atoms with Crippen LogP contribution in [0.2, 0.25) is 0 Å². The van der Waals surface area contributed by atoms with E-state index in [0.29, 0.717) is 5.75 Å². The number of carboxylic acid groups (broad SMARTS) is 1. The average Bonchev–Trinajstić information content (AvgIpc) is 2.16. The van der Waals surface area contributed by atoms with Gasteiger partial charge < -0.3 is 5.11 Å². The van der Waals surface area contributed by atoms with Gasteiger partial charge in [-0.25, -0.2) is 0 Å². The van der Waals surface area contributed by atoms with Crippen molar-refractivity contribution in [3.05, 3.63) is 35.4 Å². The molecular weight excluding hydrogens is 212 g/mol. The monoisotopic (exact) mass is 226 g/mol. The predicted octanol–water partition coefficient (Wildman–Crippen LogP) is 1.72. The fraction of sp³-hybridized carbons (Fsp3) is 0.364. The van der Waals surface area contributed by atoms with Gasteiger partial charge in [0.15, 0.2) is 0 Å². The SMILES string of the molecule is Cc1cccc(CS(=O)C(C)C(=O)O)c1. The third-order valence-electron chi connectivity index (χ3n) is 2.13. The van der Waals surface area contributed by atoms with Crippen molar-refractivity contribution in [3.63, 3.8) is 0 Å². The van der Waals surface area contributed by atoms with Gasteiger partial charge in [0.1, 0.15) is 5.25 Å². The molecule has 4 heteroatoms. The minimum atomic E-state index is -1.35. The van der Waals surface area contributed by atoms with Crippen LogP contribution in [0.5, 0.6) is 0 Å². The topological polar surface area (TPSA) is 54.4 Å². The lowest BCUT2D eigenvalue weighted by Gasteiger charge is -2.06. The van der Waals surface area contributed by atoms with Crippen molar-refractivity contribution >= 4 is 16.8 Å². The molecule has 0 amide bonds. The molecule has 0 saturated carbocycles. The van der Waals surface area contributed by atoms with Crippen LogP contribution in [0.1, 0.15) is 18.1 Å². The molecule has 1 aromatic carbocycles. The van der Waals surface area contributed by atoms with E-state index in [2.05, 4.69) is 0 Å². The minimum Gasteiger partial charge on any atom is -0.480 e. The Morgan fingerprint density at radius 3 is 2.73 bits per heavy atom. The van der Waals surface area contributed by atoms with E-state index in [-0.39, 0.29) is 0 Å². The molecule has 0 radical (unpaired) electrons. The summed E-state index contributed by atoms with van der Waals surface area (Å²) < 4.78 is 11.6. The molecule has 0 fully saturated rings. The van der Waals surface area contributed by atoms with E-state index >= 15 is 0 Å². The zero-order valence-corrected chi connectivity index (χ0v) is 9.58. The Hall–Kier alpha value is -1.16. The third kappa shape index (κ3) is 3.47. The van der Waals surface area contributed by atoms with Gasteiger partial charge in [-0.05, 0) is 19.4 Å². The summed E-state index contributed by atoms with van der Waals surface area (Å²) in [5.41, 5.74) is 2.01. The molecule has 0 bridgehead atoms. The quantitative estimate of drug-likeness (QED) is 0.850. The Labute approximate surface area is 91.6 Å². The highest BCUT2D eigenvalue weighted by molar-refractivity contribution is 7.85. The summed E-state index contributed by atoms with van der Waals surface area (Å²) in [5.74, 6) is -0.712. The van der Waals surface area contributed by atoms with E-state index in [1.165, 1.54) is 6.92 Å². The van der Waals surface area contributed by atoms with Gasteiger partial charge >= 0.3 is 5.97 Å². The standard InChI is InChI=1S/C11H14O3S/c1-8-4-3-5-10(6-8)7-15(14)9(2)11(12)13/h3-6,9H,7H2,1-2H3,(H,12,13). The minimum absolute atomic E-state index is 0.301. The second-order valence-electron chi connectivity index (χ2n) is 3.49. The lowest BCUT2D eigenvalue weighted by atomic mass is 10.2. The first-order valence-electron chi connectivity index (χ1n) is 4.66. The second kappa shape index (κ2) is 5.07. The lowest BCUT2D eigenvalue weighted by molar-refractivity contribution is -0.136. The zero-order valence-electron chi connectivity index (χ0n) is 8.77. The molecule has 0 aliphatic heterocycles. The fourth-order valence-corrected chi connectivity index (χ4v) is 2.19. The molecule has 0 spiro atoms. The molecule has 0 aliphatic rings. The molecule has 0 saturated heterocycles. The Balaban J connectivity index is 2.70. The predicted molar refractivity (Wildman–Crippen MR) is 60.1 cm³/mol. The van der Waals surface area contributed by atoms with Crippen LogP contribution in [-0.2, 0) is 21.3 Å². The molecule has 3 nitrogen and oxygen atoms in total. The second-order valence-corrected chi connectivity index (χ2v) is 5.25. The zero-order chi connectivity index (χ0) is 11.4. The van der Waals surface area contributed by atoms with Crippen LogP contribution >= 0.6 is 0 Å². The van der Waals surface area contributed by atoms with Crippen LogP contribution in [-0.4, -0.2) is 20.5 Å². The van der Waals surface area contributed by atoms with Crippen molar-refractivity contribution in [1.29, 1.82) is 0 Å². The van der Waals surface area contributed by atoms with Crippen molar-refractivity contribution < 1.29 is 14.1 Å². The number of hydrogen-bond donors (Lipinski definition) is 1. The van der Waals surface area contributed by atoms with Crippen LogP contribution in [0.4, 0.5) is 0 Å². The van der Waals surface area contributed by atoms with E-state index in [4.69, 9.17) is 5.11 Å². The Morgan fingerprint density at radius 2 is 2.20 bits per heavy atom. The smallest absolute Gasteiger partial charge is 0.318 e. The Kier molecular flexibility index (Phi) is 4.03. The van der Waals surface area contributed by atoms with Crippen LogP contribution in [0, 0.1) is 6.92 Å². The molecule has 1 N–H and O–H groups in total. The van der Waals surface area contributed by atoms with Crippen LogP contribution in [0.3, 0.4) is 0 Å². The van der Waals surface area contributed by atoms with Crippen LogP contribution in [0.15, 0.2) is 24.3 Å². The summed E-state index contributed by atoms with van der Waals surface area (Å²) in [6, 6.07) is 7.62. The first kappa shape index (κ1) is 11.9. The van der Waals surface area contributed by atoms with Gasteiger partial charge in [0.25, 0.3) is 0 Å². The molecule has 2 unspecified atom stereocenters. The number of aliphatic carboxylic acids is 1. The summed E-state index contributed by atoms with van der Waals surface area (Å²) in [6.07, 6.45) is 0. The van der Waals surface area contributed by atoms with E-state index in [1.54, 1.807) is 0 Å². The fourth-order valence-electron chi connectivity index (χ4n) is 1.20. The molecule has 0 aromatic heterocycles. The van der Waals surface area contributed by atoms with Crippen LogP contribution < -0.4 is 0 Å². The first-order valence-corrected chi connectivity index (χ1v) is 6.04. The summed E-state index contributed by atoms with van der Waals surface area (Å²) in [6.45, 7) is 3.42. The largest absolute Gasteiger partial charge is 0.480 e. The summed E-state index contributed by atoms with van der Waals surface area (Å²) in [7, 11) is -1.35. The van der Waals surface area contributed by atoms with Crippen molar-refractivity contribution in [2.24, 2.45) is 0 Å². The van der Waals surface area contributed by atoms with Crippen molar-refractivity contribution in [3.8, 4) is 0 Å². The Bertz CT molecular complexity index is 387. The van der Waals surface area contributed by atoms with Crippen molar-refractivity contribution in [1.82, 2.24) is 0 Å². The van der Waals surface area contributed by atoms with Gasteiger partial charge in [-0.15, -0.1) is 0 Å². The summed E-state index contributed by atoms with van der Waals surface area (Å²) in [4.78, 5) is 10.6. The molecule has 15 heavy (non-hydrogen) atoms. The van der Waals surface area contributed by atoms with Gasteiger partial charge in [-0.1, -0.05) is 29.8 Å². The maximum atomic E-state index is 11.6. The number of benzene rings is 1. The molecule has 0 heterocycles. The van der Waals surface area contributed by atoms with E-state index in [0.717, 1.165) is 11.1 Å². The first-order chi connectivity index (χ1) is 7.00. The van der Waals surface area contributed by atoms with Crippen molar-refractivity contribution in [2.75, 3.05) is 0 Å². The molecule has 2 atom stereocenters. The number of aryl methyl sites for hydroxylation is 1. The van der Waals surface area contributed by atoms with Gasteiger partial charge in [0.2, 0.25) is 0 Å². The molecular formula is C11H14O3S. The molecule has 0 aliphatic carbocycles. The molecule has 82 valence electrons. The number of hydrogen-bond acceptors (Lipinski definition) is 2. The van der Waals surface area contributed by atoms with E-state index in [1.807, 2.05) is 31.2 Å².